The molecule has 0 saturated carbocycles. The minimum absolute atomic E-state index is 0.188. The van der Waals surface area contributed by atoms with Crippen molar-refractivity contribution in [3.05, 3.63) is 52.8 Å². The number of carboxylic acids is 1. The van der Waals surface area contributed by atoms with Crippen LogP contribution in [-0.2, 0) is 6.54 Å². The monoisotopic (exact) mass is 427 g/mol. The number of H-pyrrole nitrogens is 1. The molecule has 1 aliphatic heterocycles. The number of aromatic amines is 1. The van der Waals surface area contributed by atoms with E-state index in [9.17, 15) is 9.90 Å². The molecule has 0 radical (unpaired) electrons. The average molecular weight is 428 g/mol. The van der Waals surface area contributed by atoms with Gasteiger partial charge in [0.1, 0.15) is 5.82 Å². The van der Waals surface area contributed by atoms with E-state index in [4.69, 9.17) is 11.6 Å². The lowest BCUT2D eigenvalue weighted by atomic mass is 9.97. The van der Waals surface area contributed by atoms with Gasteiger partial charge in [-0.25, -0.2) is 9.78 Å². The molecule has 1 fully saturated rings. The molecule has 0 amide bonds. The summed E-state index contributed by atoms with van der Waals surface area (Å²) < 4.78 is 0. The third-order valence-corrected chi connectivity index (χ3v) is 6.01. The fourth-order valence-corrected chi connectivity index (χ4v) is 4.03. The second kappa shape index (κ2) is 8.93. The van der Waals surface area contributed by atoms with Crippen molar-refractivity contribution in [3.8, 4) is 0 Å². The van der Waals surface area contributed by atoms with Crippen molar-refractivity contribution in [1.29, 1.82) is 0 Å². The zero-order valence-electron chi connectivity index (χ0n) is 16.9. The predicted molar refractivity (Wildman–Crippen MR) is 121 cm³/mol. The van der Waals surface area contributed by atoms with Crippen LogP contribution in [0, 0.1) is 5.92 Å². The summed E-state index contributed by atoms with van der Waals surface area (Å²) in [5.74, 6) is 0.582. The van der Waals surface area contributed by atoms with E-state index >= 15 is 0 Å². The van der Waals surface area contributed by atoms with Crippen molar-refractivity contribution in [1.82, 2.24) is 14.9 Å². The summed E-state index contributed by atoms with van der Waals surface area (Å²) in [5, 5.41) is 17.4. The number of aromatic nitrogens is 2. The number of carbonyl (C=O) groups is 1. The number of rotatable bonds is 7. The number of hydrogen-bond donors (Lipinski definition) is 4. The van der Waals surface area contributed by atoms with Crippen LogP contribution in [-0.4, -0.2) is 52.6 Å². The molecule has 4 N–H and O–H groups in total. The molecule has 2 aromatic heterocycles. The Hall–Kier alpha value is -2.77. The van der Waals surface area contributed by atoms with Crippen LogP contribution in [0.5, 0.6) is 0 Å². The van der Waals surface area contributed by atoms with E-state index in [0.29, 0.717) is 34.1 Å². The molecule has 0 atom stereocenters. The van der Waals surface area contributed by atoms with Gasteiger partial charge in [-0.2, -0.15) is 0 Å². The van der Waals surface area contributed by atoms with Crippen molar-refractivity contribution in [2.45, 2.75) is 19.4 Å². The highest BCUT2D eigenvalue weighted by Gasteiger charge is 2.16. The first kappa shape index (κ1) is 20.5. The largest absolute Gasteiger partial charge is 0.478 e. The molecular weight excluding hydrogens is 402 g/mol. The molecule has 0 bridgehead atoms. The van der Waals surface area contributed by atoms with Crippen LogP contribution in [0.3, 0.4) is 0 Å². The number of anilines is 2. The molecule has 1 aliphatic rings. The molecule has 0 aliphatic carbocycles. The summed E-state index contributed by atoms with van der Waals surface area (Å²) in [5.41, 5.74) is 2.43. The van der Waals surface area contributed by atoms with E-state index in [1.165, 1.54) is 12.8 Å². The number of halogens is 1. The Bertz CT molecular complexity index is 1030. The number of likely N-dealkylation sites (tertiary alicyclic amines) is 1. The lowest BCUT2D eigenvalue weighted by molar-refractivity contribution is 0.0699. The molecular formula is C22H26ClN5O2. The number of hydrogen-bond acceptors (Lipinski definition) is 5. The highest BCUT2D eigenvalue weighted by Crippen LogP contribution is 2.29. The van der Waals surface area contributed by atoms with Gasteiger partial charge in [0, 0.05) is 36.6 Å². The molecule has 0 unspecified atom stereocenters. The summed E-state index contributed by atoms with van der Waals surface area (Å²) in [6.45, 7) is 3.81. The van der Waals surface area contributed by atoms with Gasteiger partial charge in [0.15, 0.2) is 0 Å². The number of pyridine rings is 1. The Morgan fingerprint density at radius 3 is 2.80 bits per heavy atom. The van der Waals surface area contributed by atoms with E-state index in [1.807, 2.05) is 24.4 Å². The maximum absolute atomic E-state index is 11.6. The number of nitrogens with zero attached hydrogens (tertiary/aromatic N) is 2. The minimum Gasteiger partial charge on any atom is -0.478 e. The van der Waals surface area contributed by atoms with Crippen LogP contribution in [0.15, 0.2) is 36.7 Å². The second-order valence-corrected chi connectivity index (χ2v) is 8.33. The van der Waals surface area contributed by atoms with Crippen molar-refractivity contribution < 1.29 is 9.90 Å². The van der Waals surface area contributed by atoms with E-state index in [0.717, 1.165) is 31.0 Å². The summed E-state index contributed by atoms with van der Waals surface area (Å²) in [6.07, 6.45) is 5.88. The Balaban J connectivity index is 1.36. The van der Waals surface area contributed by atoms with Gasteiger partial charge in [0.2, 0.25) is 0 Å². The topological polar surface area (TPSA) is 93.3 Å². The maximum Gasteiger partial charge on any atom is 0.337 e. The van der Waals surface area contributed by atoms with Crippen molar-refractivity contribution in [2.24, 2.45) is 5.92 Å². The van der Waals surface area contributed by atoms with Crippen molar-refractivity contribution in [2.75, 3.05) is 37.3 Å². The number of piperidine rings is 1. The maximum atomic E-state index is 11.6. The SMILES string of the molecule is CN1CCC(CNc2ccc(CNc3cc(C(=O)O)c4[nH]cc(Cl)c4c3)cn2)CC1. The van der Waals surface area contributed by atoms with E-state index in [-0.39, 0.29) is 5.56 Å². The van der Waals surface area contributed by atoms with Crippen LogP contribution in [0.4, 0.5) is 11.5 Å². The van der Waals surface area contributed by atoms with E-state index in [2.05, 4.69) is 32.5 Å². The number of nitrogens with one attached hydrogen (secondary N) is 3. The van der Waals surface area contributed by atoms with E-state index < -0.39 is 5.97 Å². The van der Waals surface area contributed by atoms with Crippen LogP contribution in [0.25, 0.3) is 10.9 Å². The average Bonchev–Trinajstić information content (AvgIpc) is 3.12. The first-order valence-corrected chi connectivity index (χ1v) is 10.5. The highest BCUT2D eigenvalue weighted by atomic mass is 35.5. The number of carboxylic acid groups (broad SMARTS) is 1. The van der Waals surface area contributed by atoms with E-state index in [1.54, 1.807) is 12.3 Å². The Morgan fingerprint density at radius 2 is 2.10 bits per heavy atom. The van der Waals surface area contributed by atoms with Gasteiger partial charge in [-0.05, 0) is 62.7 Å². The molecule has 1 saturated heterocycles. The molecule has 0 spiro atoms. The molecule has 30 heavy (non-hydrogen) atoms. The van der Waals surface area contributed by atoms with Crippen LogP contribution in [0.1, 0.15) is 28.8 Å². The smallest absolute Gasteiger partial charge is 0.337 e. The minimum atomic E-state index is -0.996. The van der Waals surface area contributed by atoms with Crippen molar-refractivity contribution in [3.63, 3.8) is 0 Å². The third-order valence-electron chi connectivity index (χ3n) is 5.70. The van der Waals surface area contributed by atoms with Gasteiger partial charge < -0.3 is 25.6 Å². The molecule has 3 heterocycles. The number of aromatic carboxylic acids is 1. The molecule has 4 rings (SSSR count). The standard InChI is InChI=1S/C22H26ClN5O2/c1-28-6-4-14(5-7-28)10-25-20-3-2-15(12-26-20)11-24-16-8-17-19(23)13-27-21(17)18(9-16)22(29)30/h2-3,8-9,12-14,24,27H,4-7,10-11H2,1H3,(H,25,26)(H,29,30). The van der Waals surface area contributed by atoms with Crippen molar-refractivity contribution >= 4 is 40.0 Å². The van der Waals surface area contributed by atoms with Gasteiger partial charge in [0.05, 0.1) is 16.1 Å². The molecule has 3 aromatic rings. The number of benzene rings is 1. The quantitative estimate of drug-likeness (QED) is 0.449. The predicted octanol–water partition coefficient (Wildman–Crippen LogP) is 4.28. The lowest BCUT2D eigenvalue weighted by Gasteiger charge is -2.29. The summed E-state index contributed by atoms with van der Waals surface area (Å²) in [7, 11) is 2.17. The lowest BCUT2D eigenvalue weighted by Crippen LogP contribution is -2.33. The zero-order valence-corrected chi connectivity index (χ0v) is 17.7. The summed E-state index contributed by atoms with van der Waals surface area (Å²) in [4.78, 5) is 21.4. The highest BCUT2D eigenvalue weighted by molar-refractivity contribution is 6.36. The van der Waals surface area contributed by atoms with Gasteiger partial charge in [0.25, 0.3) is 0 Å². The molecule has 158 valence electrons. The molecule has 7 nitrogen and oxygen atoms in total. The fourth-order valence-electron chi connectivity index (χ4n) is 3.82. The second-order valence-electron chi connectivity index (χ2n) is 7.92. The normalized spacial score (nSPS) is 15.4. The van der Waals surface area contributed by atoms with Gasteiger partial charge in [-0.1, -0.05) is 17.7 Å². The third kappa shape index (κ3) is 4.68. The fraction of sp³-hybridized carbons (Fsp3) is 0.364. The van der Waals surface area contributed by atoms with Crippen LogP contribution >= 0.6 is 11.6 Å². The summed E-state index contributed by atoms with van der Waals surface area (Å²) in [6, 6.07) is 7.48. The first-order valence-electron chi connectivity index (χ1n) is 10.1. The Morgan fingerprint density at radius 1 is 1.30 bits per heavy atom. The number of fused-ring (bicyclic) bond motifs is 1. The van der Waals surface area contributed by atoms with Gasteiger partial charge in [-0.3, -0.25) is 0 Å². The molecule has 1 aromatic carbocycles. The zero-order chi connectivity index (χ0) is 21.1. The first-order chi connectivity index (χ1) is 14.5. The Kier molecular flexibility index (Phi) is 6.11. The van der Waals surface area contributed by atoms with Crippen LogP contribution in [0.2, 0.25) is 5.02 Å². The van der Waals surface area contributed by atoms with Crippen LogP contribution < -0.4 is 10.6 Å². The summed E-state index contributed by atoms with van der Waals surface area (Å²) >= 11 is 6.18. The molecule has 8 heteroatoms. The van der Waals surface area contributed by atoms with Gasteiger partial charge >= 0.3 is 5.97 Å². The van der Waals surface area contributed by atoms with Gasteiger partial charge in [-0.15, -0.1) is 0 Å². The Labute approximate surface area is 180 Å².